The number of carbonyl (C=O) groups excluding carboxylic acids is 1. The first kappa shape index (κ1) is 15.9. The molecule has 2 aromatic rings. The molecule has 1 aliphatic heterocycles. The second-order valence-electron chi connectivity index (χ2n) is 7.94. The molecule has 136 valence electrons. The first-order chi connectivity index (χ1) is 12.8. The number of aromatic nitrogens is 2. The fraction of sp³-hybridized carbons (Fsp3) is 0.524. The number of nitrogens with zero attached hydrogens (tertiary/aromatic N) is 3. The number of hydrogen-bond donors (Lipinski definition) is 1. The van der Waals surface area contributed by atoms with Gasteiger partial charge in [-0.15, -0.1) is 0 Å². The van der Waals surface area contributed by atoms with Crippen molar-refractivity contribution in [3.63, 3.8) is 0 Å². The van der Waals surface area contributed by atoms with Crippen LogP contribution >= 0.6 is 0 Å². The quantitative estimate of drug-likeness (QED) is 0.887. The van der Waals surface area contributed by atoms with E-state index in [0.717, 1.165) is 25.2 Å². The van der Waals surface area contributed by atoms with Gasteiger partial charge in [-0.2, -0.15) is 5.10 Å². The summed E-state index contributed by atoms with van der Waals surface area (Å²) in [5.41, 5.74) is 6.37. The Hall–Kier alpha value is -2.30. The number of carbonyl (C=O) groups is 1. The van der Waals surface area contributed by atoms with Gasteiger partial charge in [-0.05, 0) is 66.8 Å². The molecule has 0 bridgehead atoms. The molecule has 1 fully saturated rings. The number of rotatable bonds is 2. The summed E-state index contributed by atoms with van der Waals surface area (Å²) in [6.07, 6.45) is 10.7. The zero-order valence-corrected chi connectivity index (χ0v) is 15.2. The fourth-order valence-electron chi connectivity index (χ4n) is 4.87. The van der Waals surface area contributed by atoms with Gasteiger partial charge in [0.2, 0.25) is 0 Å². The fourth-order valence-corrected chi connectivity index (χ4v) is 4.87. The molecule has 0 radical (unpaired) electrons. The van der Waals surface area contributed by atoms with Crippen LogP contribution in [0.3, 0.4) is 0 Å². The van der Waals surface area contributed by atoms with Crippen LogP contribution < -0.4 is 5.32 Å². The Morgan fingerprint density at radius 2 is 1.92 bits per heavy atom. The van der Waals surface area contributed by atoms with Crippen LogP contribution in [0, 0.1) is 0 Å². The van der Waals surface area contributed by atoms with Crippen molar-refractivity contribution in [2.45, 2.75) is 64.0 Å². The Morgan fingerprint density at radius 3 is 2.81 bits per heavy atom. The molecule has 0 atom stereocenters. The van der Waals surface area contributed by atoms with Gasteiger partial charge in [-0.25, -0.2) is 4.79 Å². The van der Waals surface area contributed by atoms with Crippen LogP contribution in [-0.2, 0) is 25.9 Å². The van der Waals surface area contributed by atoms with Crippen molar-refractivity contribution in [3.8, 4) is 0 Å². The number of amides is 2. The molecular weight excluding hydrogens is 324 g/mol. The molecule has 26 heavy (non-hydrogen) atoms. The van der Waals surface area contributed by atoms with Gasteiger partial charge in [0.1, 0.15) is 0 Å². The van der Waals surface area contributed by atoms with E-state index in [4.69, 9.17) is 0 Å². The lowest BCUT2D eigenvalue weighted by Gasteiger charge is -2.29. The van der Waals surface area contributed by atoms with Crippen molar-refractivity contribution in [3.05, 3.63) is 46.8 Å². The van der Waals surface area contributed by atoms with Gasteiger partial charge in [0.25, 0.3) is 0 Å². The predicted molar refractivity (Wildman–Crippen MR) is 101 cm³/mol. The number of urea groups is 1. The van der Waals surface area contributed by atoms with Crippen molar-refractivity contribution in [2.24, 2.45) is 0 Å². The third-order valence-corrected chi connectivity index (χ3v) is 6.34. The molecule has 1 aromatic carbocycles. The van der Waals surface area contributed by atoms with Crippen molar-refractivity contribution in [2.75, 3.05) is 11.9 Å². The molecular formula is C21H26N4O. The normalized spacial score (nSPS) is 19.5. The molecule has 5 heteroatoms. The zero-order valence-electron chi connectivity index (χ0n) is 15.2. The van der Waals surface area contributed by atoms with E-state index in [2.05, 4.69) is 27.2 Å². The summed E-state index contributed by atoms with van der Waals surface area (Å²) < 4.78 is 2.10. The topological polar surface area (TPSA) is 50.2 Å². The van der Waals surface area contributed by atoms with E-state index in [1.54, 1.807) is 0 Å². The smallest absolute Gasteiger partial charge is 0.317 e. The molecule has 5 rings (SSSR count). The summed E-state index contributed by atoms with van der Waals surface area (Å²) in [7, 11) is 0. The highest BCUT2D eigenvalue weighted by Gasteiger charge is 2.28. The van der Waals surface area contributed by atoms with E-state index in [-0.39, 0.29) is 6.03 Å². The first-order valence-corrected chi connectivity index (χ1v) is 10.0. The lowest BCUT2D eigenvalue weighted by molar-refractivity contribution is 0.194. The number of fused-ring (bicyclic) bond motifs is 2. The molecule has 2 amide bonds. The van der Waals surface area contributed by atoms with Gasteiger partial charge in [0.05, 0.1) is 25.0 Å². The summed E-state index contributed by atoms with van der Waals surface area (Å²) in [5.74, 6) is 0.637. The average molecular weight is 350 g/mol. The minimum Gasteiger partial charge on any atom is -0.317 e. The number of benzene rings is 1. The van der Waals surface area contributed by atoms with Crippen LogP contribution in [-0.4, -0.2) is 27.3 Å². The second kappa shape index (κ2) is 6.45. The predicted octanol–water partition coefficient (Wildman–Crippen LogP) is 4.08. The van der Waals surface area contributed by atoms with Crippen LogP contribution in [0.4, 0.5) is 10.5 Å². The average Bonchev–Trinajstić information content (AvgIpc) is 3.40. The van der Waals surface area contributed by atoms with E-state index in [9.17, 15) is 4.79 Å². The van der Waals surface area contributed by atoms with Crippen molar-refractivity contribution < 1.29 is 4.79 Å². The second-order valence-corrected chi connectivity index (χ2v) is 7.94. The van der Waals surface area contributed by atoms with Crippen molar-refractivity contribution in [1.82, 2.24) is 14.7 Å². The van der Waals surface area contributed by atoms with Crippen LogP contribution in [0.25, 0.3) is 0 Å². The van der Waals surface area contributed by atoms with Gasteiger partial charge >= 0.3 is 6.03 Å². The number of hydrogen-bond acceptors (Lipinski definition) is 2. The Balaban J connectivity index is 1.31. The third kappa shape index (κ3) is 2.79. The van der Waals surface area contributed by atoms with E-state index >= 15 is 0 Å². The van der Waals surface area contributed by atoms with Crippen molar-refractivity contribution >= 4 is 11.7 Å². The largest absolute Gasteiger partial charge is 0.322 e. The molecule has 0 spiro atoms. The molecule has 3 aliphatic rings. The van der Waals surface area contributed by atoms with Crippen LogP contribution in [0.1, 0.15) is 60.4 Å². The van der Waals surface area contributed by atoms with E-state index in [1.165, 1.54) is 60.9 Å². The molecule has 2 aliphatic carbocycles. The van der Waals surface area contributed by atoms with E-state index in [0.29, 0.717) is 12.5 Å². The number of anilines is 1. The molecule has 1 saturated carbocycles. The maximum absolute atomic E-state index is 12.8. The SMILES string of the molecule is O=C(Nc1ccc2c(c1)CCC2)N1CCn2ncc(C3CCCC3)c2C1. The lowest BCUT2D eigenvalue weighted by Crippen LogP contribution is -2.41. The summed E-state index contributed by atoms with van der Waals surface area (Å²) in [6.45, 7) is 2.18. The van der Waals surface area contributed by atoms with E-state index in [1.807, 2.05) is 17.2 Å². The van der Waals surface area contributed by atoms with Crippen molar-refractivity contribution in [1.29, 1.82) is 0 Å². The van der Waals surface area contributed by atoms with Crippen LogP contribution in [0.15, 0.2) is 24.4 Å². The van der Waals surface area contributed by atoms with Gasteiger partial charge in [-0.3, -0.25) is 4.68 Å². The third-order valence-electron chi connectivity index (χ3n) is 6.34. The van der Waals surface area contributed by atoms with Gasteiger partial charge in [0, 0.05) is 12.2 Å². The molecule has 0 saturated heterocycles. The standard InChI is InChI=1S/C21H26N4O/c26-21(23-18-9-8-15-6-3-7-17(15)12-18)24-10-11-25-20(14-24)19(13-22-25)16-4-1-2-5-16/h8-9,12-13,16H,1-7,10-11,14H2,(H,23,26). The molecule has 1 aromatic heterocycles. The summed E-state index contributed by atoms with van der Waals surface area (Å²) in [6, 6.07) is 6.37. The van der Waals surface area contributed by atoms with Gasteiger partial charge in [0.15, 0.2) is 0 Å². The summed E-state index contributed by atoms with van der Waals surface area (Å²) in [5, 5.41) is 7.69. The number of nitrogens with one attached hydrogen (secondary N) is 1. The highest BCUT2D eigenvalue weighted by molar-refractivity contribution is 5.89. The minimum atomic E-state index is 0.00719. The van der Waals surface area contributed by atoms with Gasteiger partial charge in [-0.1, -0.05) is 18.9 Å². The zero-order chi connectivity index (χ0) is 17.5. The highest BCUT2D eigenvalue weighted by Crippen LogP contribution is 2.36. The molecule has 5 nitrogen and oxygen atoms in total. The monoisotopic (exact) mass is 350 g/mol. The Morgan fingerprint density at radius 1 is 1.08 bits per heavy atom. The minimum absolute atomic E-state index is 0.00719. The maximum atomic E-state index is 12.8. The molecule has 1 N–H and O–H groups in total. The van der Waals surface area contributed by atoms with Crippen LogP contribution in [0.2, 0.25) is 0 Å². The lowest BCUT2D eigenvalue weighted by atomic mass is 9.97. The Labute approximate surface area is 154 Å². The number of aryl methyl sites for hydroxylation is 2. The Bertz CT molecular complexity index is 835. The molecule has 0 unspecified atom stereocenters. The van der Waals surface area contributed by atoms with Crippen LogP contribution in [0.5, 0.6) is 0 Å². The first-order valence-electron chi connectivity index (χ1n) is 10.0. The maximum Gasteiger partial charge on any atom is 0.322 e. The summed E-state index contributed by atoms with van der Waals surface area (Å²) >= 11 is 0. The Kier molecular flexibility index (Phi) is 3.95. The molecule has 2 heterocycles. The summed E-state index contributed by atoms with van der Waals surface area (Å²) in [4.78, 5) is 14.8. The van der Waals surface area contributed by atoms with Gasteiger partial charge < -0.3 is 10.2 Å². The highest BCUT2D eigenvalue weighted by atomic mass is 16.2. The van der Waals surface area contributed by atoms with E-state index < -0.39 is 0 Å².